The van der Waals surface area contributed by atoms with Crippen molar-refractivity contribution in [3.05, 3.63) is 41.3 Å². The second kappa shape index (κ2) is 7.46. The van der Waals surface area contributed by atoms with Crippen LogP contribution >= 0.6 is 11.8 Å². The molecular weight excluding hydrogens is 382 g/mol. The number of thioether (sulfide) groups is 1. The van der Waals surface area contributed by atoms with Crippen LogP contribution in [0.3, 0.4) is 0 Å². The maximum atomic E-state index is 12.5. The molecule has 4 bridgehead atoms. The van der Waals surface area contributed by atoms with Crippen LogP contribution in [-0.2, 0) is 16.8 Å². The molecule has 4 fully saturated rings. The number of aryl methyl sites for hydroxylation is 1. The Morgan fingerprint density at radius 2 is 1.76 bits per heavy atom. The first-order valence-corrected chi connectivity index (χ1v) is 11.7. The summed E-state index contributed by atoms with van der Waals surface area (Å²) in [5, 5.41) is 12.0. The van der Waals surface area contributed by atoms with Crippen LogP contribution in [0.5, 0.6) is 0 Å². The standard InChI is InChI=1S/C23H29N3O2S/c1-14-3-5-16(6-4-14)13-24-20(27)15(2)29-22-26-25-21(28-22)23-10-17-7-18(11-23)9-19(8-17)12-23/h3-6,15,17-19H,7-13H2,1-2H3,(H,24,27)/t15-,17?,18?,19?,23?/m0/s1. The van der Waals surface area contributed by atoms with Gasteiger partial charge in [-0.05, 0) is 75.7 Å². The van der Waals surface area contributed by atoms with Gasteiger partial charge in [0.2, 0.25) is 11.8 Å². The van der Waals surface area contributed by atoms with Crippen molar-refractivity contribution in [1.29, 1.82) is 0 Å². The summed E-state index contributed by atoms with van der Waals surface area (Å²) >= 11 is 1.36. The van der Waals surface area contributed by atoms with Crippen molar-refractivity contribution < 1.29 is 9.21 Å². The van der Waals surface area contributed by atoms with Gasteiger partial charge in [-0.25, -0.2) is 0 Å². The van der Waals surface area contributed by atoms with Crippen molar-refractivity contribution >= 4 is 17.7 Å². The van der Waals surface area contributed by atoms with Crippen LogP contribution < -0.4 is 5.32 Å². The van der Waals surface area contributed by atoms with Crippen molar-refractivity contribution in [1.82, 2.24) is 15.5 Å². The van der Waals surface area contributed by atoms with E-state index in [1.54, 1.807) is 0 Å². The third-order valence-corrected chi connectivity index (χ3v) is 8.07. The second-order valence-corrected chi connectivity index (χ2v) is 10.8. The molecule has 0 unspecified atom stereocenters. The highest BCUT2D eigenvalue weighted by molar-refractivity contribution is 8.00. The number of hydrogen-bond donors (Lipinski definition) is 1. The van der Waals surface area contributed by atoms with Gasteiger partial charge in [-0.15, -0.1) is 10.2 Å². The van der Waals surface area contributed by atoms with Crippen molar-refractivity contribution in [3.63, 3.8) is 0 Å². The van der Waals surface area contributed by atoms with E-state index >= 15 is 0 Å². The van der Waals surface area contributed by atoms with Gasteiger partial charge in [-0.1, -0.05) is 41.6 Å². The SMILES string of the molecule is Cc1ccc(CNC(=O)[C@H](C)Sc2nnc(C34CC5CC(CC(C5)C3)C4)o2)cc1. The van der Waals surface area contributed by atoms with Gasteiger partial charge in [-0.2, -0.15) is 0 Å². The van der Waals surface area contributed by atoms with E-state index in [-0.39, 0.29) is 16.6 Å². The second-order valence-electron chi connectivity index (χ2n) is 9.53. The van der Waals surface area contributed by atoms with Gasteiger partial charge >= 0.3 is 0 Å². The molecule has 0 spiro atoms. The zero-order valence-corrected chi connectivity index (χ0v) is 18.0. The van der Waals surface area contributed by atoms with Gasteiger partial charge in [0.15, 0.2) is 0 Å². The molecule has 0 radical (unpaired) electrons. The molecule has 1 aromatic heterocycles. The Balaban J connectivity index is 1.20. The normalized spacial score (nSPS) is 31.0. The van der Waals surface area contributed by atoms with E-state index in [2.05, 4.69) is 34.6 Å². The average Bonchev–Trinajstić information content (AvgIpc) is 3.15. The van der Waals surface area contributed by atoms with Gasteiger partial charge in [0.25, 0.3) is 5.22 Å². The summed E-state index contributed by atoms with van der Waals surface area (Å²) in [5.41, 5.74) is 2.43. The van der Waals surface area contributed by atoms with E-state index in [1.807, 2.05) is 19.1 Å². The lowest BCUT2D eigenvalue weighted by atomic mass is 9.49. The molecule has 1 N–H and O–H groups in total. The van der Waals surface area contributed by atoms with Gasteiger partial charge in [0.05, 0.1) is 5.25 Å². The minimum Gasteiger partial charge on any atom is -0.415 e. The lowest BCUT2D eigenvalue weighted by Gasteiger charge is -2.55. The summed E-state index contributed by atoms with van der Waals surface area (Å²) in [6.07, 6.45) is 7.81. The molecule has 0 aliphatic heterocycles. The third kappa shape index (κ3) is 3.83. The third-order valence-electron chi connectivity index (χ3n) is 7.13. The molecule has 6 heteroatoms. The minimum atomic E-state index is -0.273. The molecule has 1 atom stereocenters. The van der Waals surface area contributed by atoms with E-state index < -0.39 is 0 Å². The van der Waals surface area contributed by atoms with Crippen LogP contribution in [0, 0.1) is 24.7 Å². The lowest BCUT2D eigenvalue weighted by Crippen LogP contribution is -2.48. The first-order chi connectivity index (χ1) is 14.0. The molecule has 0 saturated heterocycles. The molecular formula is C23H29N3O2S. The van der Waals surface area contributed by atoms with E-state index in [1.165, 1.54) is 55.9 Å². The molecule has 1 amide bonds. The van der Waals surface area contributed by atoms with Crippen molar-refractivity contribution in [3.8, 4) is 0 Å². The molecule has 154 valence electrons. The Morgan fingerprint density at radius 1 is 1.14 bits per heavy atom. The van der Waals surface area contributed by atoms with E-state index in [0.717, 1.165) is 29.2 Å². The molecule has 1 heterocycles. The zero-order valence-electron chi connectivity index (χ0n) is 17.2. The first kappa shape index (κ1) is 19.2. The van der Waals surface area contributed by atoms with Crippen LogP contribution in [0.4, 0.5) is 0 Å². The summed E-state index contributed by atoms with van der Waals surface area (Å²) in [6, 6.07) is 8.21. The predicted octanol–water partition coefficient (Wildman–Crippen LogP) is 4.64. The molecule has 5 nitrogen and oxygen atoms in total. The molecule has 4 aliphatic carbocycles. The summed E-state index contributed by atoms with van der Waals surface area (Å²) in [7, 11) is 0. The molecule has 1 aromatic carbocycles. The Bertz CT molecular complexity index is 856. The van der Waals surface area contributed by atoms with Gasteiger partial charge in [0.1, 0.15) is 0 Å². The van der Waals surface area contributed by atoms with Crippen LogP contribution in [0.1, 0.15) is 62.5 Å². The fourth-order valence-electron chi connectivity index (χ4n) is 6.09. The van der Waals surface area contributed by atoms with Crippen molar-refractivity contribution in [2.24, 2.45) is 17.8 Å². The maximum Gasteiger partial charge on any atom is 0.277 e. The number of carbonyl (C=O) groups is 1. The highest BCUT2D eigenvalue weighted by atomic mass is 32.2. The number of benzene rings is 1. The molecule has 2 aromatic rings. The number of hydrogen-bond acceptors (Lipinski definition) is 5. The molecule has 4 saturated carbocycles. The Labute approximate surface area is 176 Å². The Morgan fingerprint density at radius 3 is 2.38 bits per heavy atom. The van der Waals surface area contributed by atoms with E-state index in [9.17, 15) is 4.79 Å². The minimum absolute atomic E-state index is 0.00914. The summed E-state index contributed by atoms with van der Waals surface area (Å²) in [6.45, 7) is 4.49. The smallest absolute Gasteiger partial charge is 0.277 e. The van der Waals surface area contributed by atoms with Gasteiger partial charge < -0.3 is 9.73 Å². The topological polar surface area (TPSA) is 68.0 Å². The monoisotopic (exact) mass is 411 g/mol. The molecule has 6 rings (SSSR count). The first-order valence-electron chi connectivity index (χ1n) is 10.8. The Kier molecular flexibility index (Phi) is 4.93. The highest BCUT2D eigenvalue weighted by Crippen LogP contribution is 2.60. The van der Waals surface area contributed by atoms with Gasteiger partial charge in [-0.3, -0.25) is 4.79 Å². The Hall–Kier alpha value is -1.82. The molecule has 29 heavy (non-hydrogen) atoms. The summed E-state index contributed by atoms with van der Waals surface area (Å²) in [4.78, 5) is 12.5. The highest BCUT2D eigenvalue weighted by Gasteiger charge is 2.54. The van der Waals surface area contributed by atoms with Gasteiger partial charge in [0, 0.05) is 12.0 Å². The van der Waals surface area contributed by atoms with E-state index in [0.29, 0.717) is 11.8 Å². The molecule has 4 aliphatic rings. The number of nitrogens with zero attached hydrogens (tertiary/aromatic N) is 2. The average molecular weight is 412 g/mol. The number of carbonyl (C=O) groups excluding carboxylic acids is 1. The largest absolute Gasteiger partial charge is 0.415 e. The van der Waals surface area contributed by atoms with Crippen LogP contribution in [0.15, 0.2) is 33.9 Å². The number of rotatable bonds is 6. The number of nitrogens with one attached hydrogen (secondary N) is 1. The van der Waals surface area contributed by atoms with Crippen LogP contribution in [-0.4, -0.2) is 21.4 Å². The fraction of sp³-hybridized carbons (Fsp3) is 0.609. The number of amides is 1. The number of aromatic nitrogens is 2. The fourth-order valence-corrected chi connectivity index (χ4v) is 6.80. The van der Waals surface area contributed by atoms with Crippen molar-refractivity contribution in [2.45, 2.75) is 74.8 Å². The van der Waals surface area contributed by atoms with Crippen molar-refractivity contribution in [2.75, 3.05) is 0 Å². The zero-order chi connectivity index (χ0) is 20.0. The van der Waals surface area contributed by atoms with Crippen LogP contribution in [0.25, 0.3) is 0 Å². The maximum absolute atomic E-state index is 12.5. The summed E-state index contributed by atoms with van der Waals surface area (Å²) < 4.78 is 6.13. The quantitative estimate of drug-likeness (QED) is 0.701. The van der Waals surface area contributed by atoms with Crippen LogP contribution in [0.2, 0.25) is 0 Å². The lowest BCUT2D eigenvalue weighted by molar-refractivity contribution is -0.120. The summed E-state index contributed by atoms with van der Waals surface area (Å²) in [5.74, 6) is 3.35. The van der Waals surface area contributed by atoms with E-state index in [4.69, 9.17) is 4.42 Å². The predicted molar refractivity (Wildman–Crippen MR) is 112 cm³/mol.